The standard InChI is InChI=1S/C42H70N6O8S/c1-9-24-43-35(51)31(49)29(26-28-18-19-28)44-34(50)30-17-16-25-48(30)37(53)33(39(2,3)4)45-36(52)32(41(8)20-12-10-13-21-41)46-38(54)47-42(22-14-11-15-23-42)27-57(55,56)40(5,6)7/h9,28-30,32-33H,1,10-27H2,2-8H3,(H,43,51)(H,44,50)(H,45,52)(H2,46,47,54)/t29?,30-,32+,33+/m0/s1. The van der Waals surface area contributed by atoms with Crippen LogP contribution in [0.2, 0.25) is 0 Å². The van der Waals surface area contributed by atoms with Crippen molar-refractivity contribution in [3.63, 3.8) is 0 Å². The first kappa shape index (κ1) is 46.2. The number of carbonyl (C=O) groups is 6. The molecule has 4 fully saturated rings. The van der Waals surface area contributed by atoms with E-state index in [1.54, 1.807) is 20.8 Å². The van der Waals surface area contributed by atoms with Crippen LogP contribution < -0.4 is 26.6 Å². The second kappa shape index (κ2) is 18.6. The number of nitrogens with zero attached hydrogens (tertiary/aromatic N) is 1. The molecule has 0 aromatic carbocycles. The van der Waals surface area contributed by atoms with E-state index in [0.717, 1.165) is 51.4 Å². The first-order valence-electron chi connectivity index (χ1n) is 21.2. The molecule has 1 heterocycles. The third kappa shape index (κ3) is 12.0. The average molecular weight is 819 g/mol. The van der Waals surface area contributed by atoms with Crippen LogP contribution in [0.15, 0.2) is 12.7 Å². The summed E-state index contributed by atoms with van der Waals surface area (Å²) in [6.07, 6.45) is 12.1. The van der Waals surface area contributed by atoms with Gasteiger partial charge in [-0.25, -0.2) is 13.2 Å². The van der Waals surface area contributed by atoms with E-state index in [0.29, 0.717) is 44.9 Å². The smallest absolute Gasteiger partial charge is 0.315 e. The van der Waals surface area contributed by atoms with Gasteiger partial charge < -0.3 is 31.5 Å². The first-order chi connectivity index (χ1) is 26.5. The van der Waals surface area contributed by atoms with Crippen LogP contribution in [-0.4, -0.2) is 102 Å². The molecule has 3 aliphatic carbocycles. The van der Waals surface area contributed by atoms with Gasteiger partial charge in [0.15, 0.2) is 9.84 Å². The summed E-state index contributed by atoms with van der Waals surface area (Å²) in [6.45, 7) is 16.4. The fourth-order valence-electron chi connectivity index (χ4n) is 8.67. The van der Waals surface area contributed by atoms with Gasteiger partial charge in [-0.05, 0) is 82.5 Å². The average Bonchev–Trinajstić information content (AvgIpc) is 3.80. The minimum Gasteiger partial charge on any atom is -0.346 e. The van der Waals surface area contributed by atoms with E-state index in [1.165, 1.54) is 11.0 Å². The van der Waals surface area contributed by atoms with Crippen LogP contribution in [0.1, 0.15) is 145 Å². The number of carbonyl (C=O) groups excluding carboxylic acids is 6. The topological polar surface area (TPSA) is 200 Å². The maximum absolute atomic E-state index is 14.6. The van der Waals surface area contributed by atoms with Gasteiger partial charge in [0.25, 0.3) is 5.91 Å². The van der Waals surface area contributed by atoms with Gasteiger partial charge in [-0.15, -0.1) is 6.58 Å². The molecule has 1 aliphatic heterocycles. The lowest BCUT2D eigenvalue weighted by Gasteiger charge is -2.43. The van der Waals surface area contributed by atoms with E-state index in [9.17, 15) is 37.2 Å². The summed E-state index contributed by atoms with van der Waals surface area (Å²) in [7, 11) is -3.59. The van der Waals surface area contributed by atoms with Crippen molar-refractivity contribution >= 4 is 45.3 Å². The molecule has 5 N–H and O–H groups in total. The fraction of sp³-hybridized carbons (Fsp3) is 0.810. The lowest BCUT2D eigenvalue weighted by atomic mass is 9.70. The molecule has 0 spiro atoms. The largest absolute Gasteiger partial charge is 0.346 e. The van der Waals surface area contributed by atoms with E-state index in [4.69, 9.17) is 0 Å². The Bertz CT molecular complexity index is 1620. The summed E-state index contributed by atoms with van der Waals surface area (Å²) in [6, 6.07) is -4.66. The Morgan fingerprint density at radius 1 is 0.825 bits per heavy atom. The van der Waals surface area contributed by atoms with E-state index < -0.39 is 90.6 Å². The minimum absolute atomic E-state index is 0.113. The quantitative estimate of drug-likeness (QED) is 0.113. The molecule has 1 unspecified atom stereocenters. The maximum atomic E-state index is 14.6. The molecule has 15 heteroatoms. The molecular weight excluding hydrogens is 749 g/mol. The Morgan fingerprint density at radius 2 is 1.42 bits per heavy atom. The SMILES string of the molecule is C=CCNC(=O)C(=O)C(CC1CC1)NC(=O)[C@@H]1CCCN1C(=O)[C@@H](NC(=O)[C@@H](NC(=O)NC1(CS(=O)(=O)C(C)(C)C)CCCCC1)C1(C)CCCCC1)C(C)(C)C. The van der Waals surface area contributed by atoms with Gasteiger partial charge in [0.1, 0.15) is 18.1 Å². The molecule has 0 radical (unpaired) electrons. The van der Waals surface area contributed by atoms with Crippen LogP contribution in [0.5, 0.6) is 0 Å². The second-order valence-corrected chi connectivity index (χ2v) is 22.3. The lowest BCUT2D eigenvalue weighted by molar-refractivity contribution is -0.145. The molecule has 1 saturated heterocycles. The van der Waals surface area contributed by atoms with Crippen LogP contribution in [0.25, 0.3) is 0 Å². The van der Waals surface area contributed by atoms with Gasteiger partial charge in [-0.3, -0.25) is 24.0 Å². The molecule has 4 aliphatic rings. The van der Waals surface area contributed by atoms with Crippen LogP contribution in [-0.2, 0) is 33.8 Å². The second-order valence-electron chi connectivity index (χ2n) is 19.6. The summed E-state index contributed by atoms with van der Waals surface area (Å²) < 4.78 is 25.9. The highest BCUT2D eigenvalue weighted by molar-refractivity contribution is 7.92. The number of urea groups is 1. The van der Waals surface area contributed by atoms with Gasteiger partial charge in [-0.1, -0.05) is 85.1 Å². The van der Waals surface area contributed by atoms with Crippen LogP contribution in [0.3, 0.4) is 0 Å². The van der Waals surface area contributed by atoms with Crippen molar-refractivity contribution in [2.45, 2.75) is 179 Å². The van der Waals surface area contributed by atoms with Gasteiger partial charge in [0.2, 0.25) is 23.5 Å². The summed E-state index contributed by atoms with van der Waals surface area (Å²) in [5.41, 5.74) is -2.42. The van der Waals surface area contributed by atoms with Gasteiger partial charge in [-0.2, -0.15) is 0 Å². The third-order valence-corrected chi connectivity index (χ3v) is 15.4. The molecule has 14 nitrogen and oxygen atoms in total. The zero-order valence-electron chi connectivity index (χ0n) is 35.5. The van der Waals surface area contributed by atoms with Crippen molar-refractivity contribution in [3.05, 3.63) is 12.7 Å². The van der Waals surface area contributed by atoms with E-state index in [2.05, 4.69) is 33.2 Å². The number of likely N-dealkylation sites (tertiary alicyclic amines) is 1. The monoisotopic (exact) mass is 818 g/mol. The summed E-state index contributed by atoms with van der Waals surface area (Å²) >= 11 is 0. The Morgan fingerprint density at radius 3 is 1.96 bits per heavy atom. The first-order valence-corrected chi connectivity index (χ1v) is 22.8. The number of rotatable bonds is 16. The summed E-state index contributed by atoms with van der Waals surface area (Å²) in [5, 5.41) is 14.3. The Hall–Kier alpha value is -3.49. The van der Waals surface area contributed by atoms with Crippen molar-refractivity contribution in [1.29, 1.82) is 0 Å². The Balaban J connectivity index is 1.55. The molecule has 3 saturated carbocycles. The Labute approximate surface area is 340 Å². The van der Waals surface area contributed by atoms with Crippen molar-refractivity contribution in [2.24, 2.45) is 16.7 Å². The lowest BCUT2D eigenvalue weighted by Crippen LogP contribution is -2.65. The number of sulfone groups is 1. The summed E-state index contributed by atoms with van der Waals surface area (Å²) in [5.74, 6) is -3.01. The van der Waals surface area contributed by atoms with Crippen molar-refractivity contribution in [2.75, 3.05) is 18.8 Å². The number of hydrogen-bond donors (Lipinski definition) is 5. The van der Waals surface area contributed by atoms with Gasteiger partial charge >= 0.3 is 6.03 Å². The predicted molar refractivity (Wildman–Crippen MR) is 220 cm³/mol. The van der Waals surface area contributed by atoms with E-state index >= 15 is 0 Å². The zero-order valence-corrected chi connectivity index (χ0v) is 36.3. The molecule has 0 aromatic heterocycles. The molecule has 57 heavy (non-hydrogen) atoms. The maximum Gasteiger partial charge on any atom is 0.315 e. The molecule has 6 amide bonds. The highest BCUT2D eigenvalue weighted by Gasteiger charge is 2.48. The van der Waals surface area contributed by atoms with Crippen LogP contribution in [0.4, 0.5) is 4.79 Å². The van der Waals surface area contributed by atoms with Crippen molar-refractivity contribution in [1.82, 2.24) is 31.5 Å². The normalized spacial score (nSPS) is 22.6. The van der Waals surface area contributed by atoms with E-state index in [-0.39, 0.29) is 24.8 Å². The minimum atomic E-state index is -3.59. The van der Waals surface area contributed by atoms with Crippen molar-refractivity contribution < 1.29 is 37.2 Å². The molecule has 0 aromatic rings. The fourth-order valence-corrected chi connectivity index (χ4v) is 10.2. The van der Waals surface area contributed by atoms with Gasteiger partial charge in [0, 0.05) is 13.1 Å². The number of nitrogens with one attached hydrogen (secondary N) is 5. The highest BCUT2D eigenvalue weighted by atomic mass is 32.2. The van der Waals surface area contributed by atoms with Crippen LogP contribution >= 0.6 is 0 Å². The van der Waals surface area contributed by atoms with E-state index in [1.807, 2.05) is 27.7 Å². The van der Waals surface area contributed by atoms with Crippen molar-refractivity contribution in [3.8, 4) is 0 Å². The molecule has 4 atom stereocenters. The molecular formula is C42H70N6O8S. The van der Waals surface area contributed by atoms with Gasteiger partial charge in [0.05, 0.1) is 22.1 Å². The summed E-state index contributed by atoms with van der Waals surface area (Å²) in [4.78, 5) is 84.1. The number of amides is 6. The van der Waals surface area contributed by atoms with Crippen LogP contribution in [0, 0.1) is 16.7 Å². The zero-order chi connectivity index (χ0) is 42.4. The predicted octanol–water partition coefficient (Wildman–Crippen LogP) is 4.22. The molecule has 322 valence electrons. The molecule has 0 bridgehead atoms. The Kier molecular flexibility index (Phi) is 15.1. The number of Topliss-reactive ketones (excluding diaryl/α,β-unsaturated/α-hetero) is 1. The number of hydrogen-bond acceptors (Lipinski definition) is 8. The highest BCUT2D eigenvalue weighted by Crippen LogP contribution is 2.40. The number of ketones is 1. The molecule has 4 rings (SSSR count). The third-order valence-electron chi connectivity index (χ3n) is 12.6.